The van der Waals surface area contributed by atoms with Gasteiger partial charge >= 0.3 is 0 Å². The molecule has 0 heterocycles. The normalized spacial score (nSPS) is 10.2. The molecule has 118 valence electrons. The molecule has 2 aromatic rings. The molecule has 0 bridgehead atoms. The predicted molar refractivity (Wildman–Crippen MR) is 83.7 cm³/mol. The number of carbonyl (C=O) groups excluding carboxylic acids is 3. The van der Waals surface area contributed by atoms with Crippen LogP contribution in [-0.2, 0) is 0 Å². The van der Waals surface area contributed by atoms with E-state index >= 15 is 0 Å². The lowest BCUT2D eigenvalue weighted by Crippen LogP contribution is -2.26. The van der Waals surface area contributed by atoms with Gasteiger partial charge in [-0.15, -0.1) is 0 Å². The molecule has 2 amide bonds. The molecule has 0 aliphatic carbocycles. The molecule has 6 nitrogen and oxygen atoms in total. The Balaban J connectivity index is 2.32. The van der Waals surface area contributed by atoms with E-state index in [4.69, 9.17) is 28.9 Å². The number of carbonyl (C=O) groups is 3. The van der Waals surface area contributed by atoms with Crippen LogP contribution in [0.2, 0.25) is 10.0 Å². The molecule has 2 rings (SSSR count). The van der Waals surface area contributed by atoms with Crippen molar-refractivity contribution in [2.45, 2.75) is 0 Å². The van der Waals surface area contributed by atoms with Crippen molar-refractivity contribution in [3.05, 3.63) is 63.1 Å². The Bertz CT molecular complexity index is 804. The van der Waals surface area contributed by atoms with Gasteiger partial charge in [-0.2, -0.15) is 0 Å². The number of rotatable bonds is 4. The summed E-state index contributed by atoms with van der Waals surface area (Å²) in [5.74, 6) is -2.88. The Morgan fingerprint density at radius 2 is 1.48 bits per heavy atom. The number of hydrogen-bond acceptors (Lipinski definition) is 4. The third kappa shape index (κ3) is 3.80. The van der Waals surface area contributed by atoms with Crippen LogP contribution in [0.1, 0.15) is 31.1 Å². The van der Waals surface area contributed by atoms with E-state index in [1.807, 2.05) is 0 Å². The monoisotopic (exact) mass is 351 g/mol. The van der Waals surface area contributed by atoms with E-state index in [0.29, 0.717) is 5.69 Å². The summed E-state index contributed by atoms with van der Waals surface area (Å²) in [6.45, 7) is 0. The van der Waals surface area contributed by atoms with Crippen LogP contribution >= 0.6 is 23.2 Å². The minimum absolute atomic E-state index is 0.00627. The second kappa shape index (κ2) is 6.68. The number of amides is 2. The van der Waals surface area contributed by atoms with Crippen LogP contribution in [0.25, 0.3) is 0 Å². The van der Waals surface area contributed by atoms with E-state index in [0.717, 1.165) is 12.1 Å². The van der Waals surface area contributed by atoms with Gasteiger partial charge in [0.15, 0.2) is 0 Å². The van der Waals surface area contributed by atoms with E-state index < -0.39 is 17.8 Å². The number of primary amides is 1. The molecule has 8 heteroatoms. The Morgan fingerprint density at radius 3 is 1.96 bits per heavy atom. The first-order valence-corrected chi connectivity index (χ1v) is 6.97. The van der Waals surface area contributed by atoms with Crippen LogP contribution in [0.5, 0.6) is 0 Å². The van der Waals surface area contributed by atoms with Crippen molar-refractivity contribution in [3.63, 3.8) is 0 Å². The molecule has 23 heavy (non-hydrogen) atoms. The van der Waals surface area contributed by atoms with Crippen molar-refractivity contribution < 1.29 is 19.5 Å². The summed E-state index contributed by atoms with van der Waals surface area (Å²) < 4.78 is 0. The van der Waals surface area contributed by atoms with Gasteiger partial charge in [-0.05, 0) is 36.4 Å². The van der Waals surface area contributed by atoms with Gasteiger partial charge in [0.25, 0.3) is 5.91 Å². The number of anilines is 1. The molecule has 0 radical (unpaired) electrons. The first-order valence-electron chi connectivity index (χ1n) is 6.21. The average Bonchev–Trinajstić information content (AvgIpc) is 2.49. The van der Waals surface area contributed by atoms with Crippen molar-refractivity contribution in [1.29, 1.82) is 0 Å². The number of nitrogens with two attached hydrogens (primary N) is 1. The van der Waals surface area contributed by atoms with Crippen LogP contribution in [0.15, 0.2) is 36.4 Å². The highest BCUT2D eigenvalue weighted by Crippen LogP contribution is 2.26. The quantitative estimate of drug-likeness (QED) is 0.872. The maximum absolute atomic E-state index is 12.2. The lowest BCUT2D eigenvalue weighted by Gasteiger charge is -2.12. The number of carboxylic acids is 1. The number of hydrogen-bond donors (Lipinski definition) is 2. The molecule has 0 atom stereocenters. The third-order valence-electron chi connectivity index (χ3n) is 2.95. The fraction of sp³-hybridized carbons (Fsp3) is 0. The molecule has 0 aliphatic heterocycles. The predicted octanol–water partition coefficient (Wildman–Crippen LogP) is 1.71. The van der Waals surface area contributed by atoms with Gasteiger partial charge < -0.3 is 21.0 Å². The first-order chi connectivity index (χ1) is 10.8. The number of benzene rings is 2. The topological polar surface area (TPSA) is 112 Å². The fourth-order valence-electron chi connectivity index (χ4n) is 1.82. The maximum atomic E-state index is 12.2. The molecular weight excluding hydrogens is 343 g/mol. The maximum Gasteiger partial charge on any atom is 0.256 e. The highest BCUT2D eigenvalue weighted by molar-refractivity contribution is 6.42. The zero-order valence-corrected chi connectivity index (χ0v) is 12.9. The van der Waals surface area contributed by atoms with Gasteiger partial charge in [0.2, 0.25) is 5.91 Å². The van der Waals surface area contributed by atoms with E-state index in [9.17, 15) is 19.5 Å². The van der Waals surface area contributed by atoms with E-state index in [1.165, 1.54) is 24.3 Å². The second-order valence-corrected chi connectivity index (χ2v) is 5.31. The number of nitrogens with one attached hydrogen (secondary N) is 1. The molecule has 0 unspecified atom stereocenters. The van der Waals surface area contributed by atoms with Crippen molar-refractivity contribution in [2.24, 2.45) is 5.73 Å². The van der Waals surface area contributed by atoms with Crippen molar-refractivity contribution in [2.75, 3.05) is 5.32 Å². The Morgan fingerprint density at radius 1 is 0.957 bits per heavy atom. The van der Waals surface area contributed by atoms with Crippen LogP contribution in [0.4, 0.5) is 5.69 Å². The minimum Gasteiger partial charge on any atom is -0.545 e. The molecule has 0 fully saturated rings. The minimum atomic E-state index is -1.56. The van der Waals surface area contributed by atoms with E-state index in [1.54, 1.807) is 0 Å². The largest absolute Gasteiger partial charge is 0.545 e. The highest BCUT2D eigenvalue weighted by atomic mass is 35.5. The summed E-state index contributed by atoms with van der Waals surface area (Å²) >= 11 is 11.6. The van der Waals surface area contributed by atoms with Gasteiger partial charge in [0.05, 0.1) is 21.6 Å². The SMILES string of the molecule is NC(=O)c1ccc(NC(=O)c2cc(Cl)c(Cl)cc2C(=O)[O-])cc1. The van der Waals surface area contributed by atoms with Gasteiger partial charge in [-0.25, -0.2) is 0 Å². The molecule has 0 spiro atoms. The standard InChI is InChI=1S/C15H10Cl2N2O4/c16-11-5-9(10(15(22)23)6-12(11)17)14(21)19-8-3-1-7(2-4-8)13(18)20/h1-6H,(H2,18,20)(H,19,21)(H,22,23)/p-1. The zero-order valence-electron chi connectivity index (χ0n) is 11.4. The molecule has 2 aromatic carbocycles. The fourth-order valence-corrected chi connectivity index (χ4v) is 2.15. The van der Waals surface area contributed by atoms with Crippen LogP contribution in [-0.4, -0.2) is 17.8 Å². The van der Waals surface area contributed by atoms with Gasteiger partial charge in [0.1, 0.15) is 0 Å². The Labute approximate surface area is 140 Å². The lowest BCUT2D eigenvalue weighted by molar-refractivity contribution is -0.255. The summed E-state index contributed by atoms with van der Waals surface area (Å²) in [6.07, 6.45) is 0. The number of halogens is 2. The van der Waals surface area contributed by atoms with Crippen molar-refractivity contribution in [3.8, 4) is 0 Å². The number of aromatic carboxylic acids is 1. The molecule has 3 N–H and O–H groups in total. The van der Waals surface area contributed by atoms with Crippen molar-refractivity contribution in [1.82, 2.24) is 0 Å². The zero-order chi connectivity index (χ0) is 17.1. The molecule has 0 aliphatic rings. The van der Waals surface area contributed by atoms with Crippen LogP contribution in [0.3, 0.4) is 0 Å². The summed E-state index contributed by atoms with van der Waals surface area (Å²) in [5, 5.41) is 13.6. The molecule has 0 aromatic heterocycles. The Kier molecular flexibility index (Phi) is 4.88. The summed E-state index contributed by atoms with van der Waals surface area (Å²) in [4.78, 5) is 34.3. The average molecular weight is 352 g/mol. The molecular formula is C15H9Cl2N2O4-. The molecule has 0 saturated carbocycles. The first kappa shape index (κ1) is 16.8. The van der Waals surface area contributed by atoms with Crippen LogP contribution in [0, 0.1) is 0 Å². The summed E-state index contributed by atoms with van der Waals surface area (Å²) in [5.41, 5.74) is 5.15. The lowest BCUT2D eigenvalue weighted by atomic mass is 10.1. The van der Waals surface area contributed by atoms with E-state index in [-0.39, 0.29) is 26.7 Å². The van der Waals surface area contributed by atoms with Gasteiger partial charge in [-0.3, -0.25) is 9.59 Å². The summed E-state index contributed by atoms with van der Waals surface area (Å²) in [6, 6.07) is 7.94. The number of carboxylic acid groups (broad SMARTS) is 1. The van der Waals surface area contributed by atoms with Crippen molar-refractivity contribution >= 4 is 46.7 Å². The van der Waals surface area contributed by atoms with E-state index in [2.05, 4.69) is 5.32 Å². The third-order valence-corrected chi connectivity index (χ3v) is 3.67. The summed E-state index contributed by atoms with van der Waals surface area (Å²) in [7, 11) is 0. The van der Waals surface area contributed by atoms with Gasteiger partial charge in [0, 0.05) is 16.8 Å². The van der Waals surface area contributed by atoms with Crippen LogP contribution < -0.4 is 16.2 Å². The highest BCUT2D eigenvalue weighted by Gasteiger charge is 2.16. The Hall–Kier alpha value is -2.57. The smallest absolute Gasteiger partial charge is 0.256 e. The second-order valence-electron chi connectivity index (χ2n) is 4.50. The van der Waals surface area contributed by atoms with Gasteiger partial charge in [-0.1, -0.05) is 23.2 Å². The molecule has 0 saturated heterocycles.